The Hall–Kier alpha value is -0.995. The lowest BCUT2D eigenvalue weighted by Gasteiger charge is -2.32. The summed E-state index contributed by atoms with van der Waals surface area (Å²) in [5.74, 6) is 0.235. The van der Waals surface area contributed by atoms with Crippen LogP contribution in [0.1, 0.15) is 46.6 Å². The van der Waals surface area contributed by atoms with Gasteiger partial charge in [-0.15, -0.1) is 0 Å². The Bertz CT molecular complexity index is 452. The SMILES string of the molecule is CCCc1ccc(O)c(B2OC(C)(C)C(C)(C)O2)c1. The second-order valence-electron chi connectivity index (χ2n) is 6.23. The van der Waals surface area contributed by atoms with E-state index in [2.05, 4.69) is 6.92 Å². The summed E-state index contributed by atoms with van der Waals surface area (Å²) in [4.78, 5) is 0. The second-order valence-corrected chi connectivity index (χ2v) is 6.23. The van der Waals surface area contributed by atoms with Crippen LogP contribution in [0.4, 0.5) is 0 Å². The average molecular weight is 262 g/mol. The first kappa shape index (κ1) is 14.4. The molecule has 0 saturated carbocycles. The number of aromatic hydroxyl groups is 1. The van der Waals surface area contributed by atoms with Gasteiger partial charge in [0.1, 0.15) is 5.75 Å². The zero-order chi connectivity index (χ0) is 14.3. The maximum absolute atomic E-state index is 10.0. The van der Waals surface area contributed by atoms with Gasteiger partial charge >= 0.3 is 7.12 Å². The Labute approximate surface area is 116 Å². The van der Waals surface area contributed by atoms with Gasteiger partial charge in [-0.1, -0.05) is 25.5 Å². The molecular weight excluding hydrogens is 239 g/mol. The van der Waals surface area contributed by atoms with Crippen LogP contribution in [0.2, 0.25) is 0 Å². The van der Waals surface area contributed by atoms with Crippen molar-refractivity contribution in [2.75, 3.05) is 0 Å². The summed E-state index contributed by atoms with van der Waals surface area (Å²) in [7, 11) is -0.498. The highest BCUT2D eigenvalue weighted by Crippen LogP contribution is 2.37. The molecule has 1 N–H and O–H groups in total. The first-order valence-electron chi connectivity index (χ1n) is 6.94. The molecule has 0 aliphatic carbocycles. The van der Waals surface area contributed by atoms with Crippen molar-refractivity contribution < 1.29 is 14.4 Å². The third-order valence-electron chi connectivity index (χ3n) is 4.14. The molecule has 19 heavy (non-hydrogen) atoms. The van der Waals surface area contributed by atoms with E-state index in [0.717, 1.165) is 18.3 Å². The van der Waals surface area contributed by atoms with E-state index >= 15 is 0 Å². The molecule has 4 heteroatoms. The lowest BCUT2D eigenvalue weighted by atomic mass is 9.77. The fraction of sp³-hybridized carbons (Fsp3) is 0.600. The van der Waals surface area contributed by atoms with E-state index < -0.39 is 7.12 Å². The minimum atomic E-state index is -0.498. The van der Waals surface area contributed by atoms with Crippen molar-refractivity contribution in [3.05, 3.63) is 23.8 Å². The molecule has 0 atom stereocenters. The van der Waals surface area contributed by atoms with Crippen molar-refractivity contribution in [3.8, 4) is 5.75 Å². The molecule has 2 rings (SSSR count). The van der Waals surface area contributed by atoms with Crippen LogP contribution in [0.3, 0.4) is 0 Å². The fourth-order valence-corrected chi connectivity index (χ4v) is 2.21. The number of rotatable bonds is 3. The van der Waals surface area contributed by atoms with E-state index in [1.807, 2.05) is 39.8 Å². The Balaban J connectivity index is 2.31. The van der Waals surface area contributed by atoms with Crippen LogP contribution in [-0.2, 0) is 15.7 Å². The third kappa shape index (κ3) is 2.65. The van der Waals surface area contributed by atoms with Crippen LogP contribution in [0, 0.1) is 0 Å². The summed E-state index contributed by atoms with van der Waals surface area (Å²) in [6, 6.07) is 5.67. The van der Waals surface area contributed by atoms with E-state index in [0.29, 0.717) is 0 Å². The highest BCUT2D eigenvalue weighted by Gasteiger charge is 2.52. The Morgan fingerprint density at radius 2 is 1.68 bits per heavy atom. The van der Waals surface area contributed by atoms with Gasteiger partial charge in [0.25, 0.3) is 0 Å². The van der Waals surface area contributed by atoms with Crippen molar-refractivity contribution in [1.82, 2.24) is 0 Å². The first-order chi connectivity index (χ1) is 8.77. The minimum Gasteiger partial charge on any atom is -0.508 e. The second kappa shape index (κ2) is 4.84. The zero-order valence-electron chi connectivity index (χ0n) is 12.5. The summed E-state index contributed by atoms with van der Waals surface area (Å²) in [5.41, 5.74) is 1.16. The van der Waals surface area contributed by atoms with Gasteiger partial charge in [0.2, 0.25) is 0 Å². The number of phenols is 1. The van der Waals surface area contributed by atoms with Gasteiger partial charge in [-0.2, -0.15) is 0 Å². The largest absolute Gasteiger partial charge is 0.508 e. The monoisotopic (exact) mass is 262 g/mol. The van der Waals surface area contributed by atoms with Gasteiger partial charge < -0.3 is 14.4 Å². The zero-order valence-corrected chi connectivity index (χ0v) is 12.5. The molecule has 1 aromatic rings. The maximum Gasteiger partial charge on any atom is 0.498 e. The molecule has 1 heterocycles. The van der Waals surface area contributed by atoms with E-state index in [1.165, 1.54) is 5.56 Å². The van der Waals surface area contributed by atoms with E-state index in [1.54, 1.807) is 6.07 Å². The van der Waals surface area contributed by atoms with Gasteiger partial charge in [-0.3, -0.25) is 0 Å². The Morgan fingerprint density at radius 1 is 1.11 bits per heavy atom. The highest BCUT2D eigenvalue weighted by atomic mass is 16.7. The highest BCUT2D eigenvalue weighted by molar-refractivity contribution is 6.63. The topological polar surface area (TPSA) is 38.7 Å². The number of aryl methyl sites for hydroxylation is 1. The Morgan fingerprint density at radius 3 is 2.21 bits per heavy atom. The van der Waals surface area contributed by atoms with Crippen molar-refractivity contribution in [2.45, 2.75) is 58.7 Å². The predicted octanol–water partition coefficient (Wildman–Crippen LogP) is 2.64. The van der Waals surface area contributed by atoms with Gasteiger partial charge in [0.05, 0.1) is 11.2 Å². The first-order valence-corrected chi connectivity index (χ1v) is 6.94. The van der Waals surface area contributed by atoms with Gasteiger partial charge in [-0.25, -0.2) is 0 Å². The summed E-state index contributed by atoms with van der Waals surface area (Å²) in [6.45, 7) is 10.2. The molecule has 1 saturated heterocycles. The standard InChI is InChI=1S/C15H23BO3/c1-6-7-11-8-9-13(17)12(10-11)16-18-14(2,3)15(4,5)19-16/h8-10,17H,6-7H2,1-5H3. The van der Waals surface area contributed by atoms with Gasteiger partial charge in [0.15, 0.2) is 0 Å². The van der Waals surface area contributed by atoms with Crippen molar-refractivity contribution in [3.63, 3.8) is 0 Å². The predicted molar refractivity (Wildman–Crippen MR) is 77.8 cm³/mol. The average Bonchev–Trinajstić information content (AvgIpc) is 2.51. The fourth-order valence-electron chi connectivity index (χ4n) is 2.21. The molecule has 0 spiro atoms. The summed E-state index contributed by atoms with van der Waals surface area (Å²) >= 11 is 0. The smallest absolute Gasteiger partial charge is 0.498 e. The van der Waals surface area contributed by atoms with Crippen LogP contribution >= 0.6 is 0 Å². The summed E-state index contributed by atoms with van der Waals surface area (Å²) in [5, 5.41) is 10.0. The lowest BCUT2D eigenvalue weighted by Crippen LogP contribution is -2.41. The number of phenolic OH excluding ortho intramolecular Hbond substituents is 1. The molecule has 3 nitrogen and oxygen atoms in total. The maximum atomic E-state index is 10.0. The molecule has 1 fully saturated rings. The van der Waals surface area contributed by atoms with Crippen molar-refractivity contribution >= 4 is 12.6 Å². The van der Waals surface area contributed by atoms with Gasteiger partial charge in [-0.05, 0) is 45.7 Å². The number of hydrogen-bond acceptors (Lipinski definition) is 3. The number of hydrogen-bond donors (Lipinski definition) is 1. The molecule has 0 amide bonds. The van der Waals surface area contributed by atoms with E-state index in [-0.39, 0.29) is 17.0 Å². The molecule has 1 aliphatic heterocycles. The van der Waals surface area contributed by atoms with Gasteiger partial charge in [0, 0.05) is 5.46 Å². The summed E-state index contributed by atoms with van der Waals surface area (Å²) in [6.07, 6.45) is 2.07. The summed E-state index contributed by atoms with van der Waals surface area (Å²) < 4.78 is 12.0. The van der Waals surface area contributed by atoms with E-state index in [4.69, 9.17) is 9.31 Å². The Kier molecular flexibility index (Phi) is 3.67. The van der Waals surface area contributed by atoms with Crippen LogP contribution < -0.4 is 5.46 Å². The molecule has 0 aromatic heterocycles. The molecule has 1 aromatic carbocycles. The lowest BCUT2D eigenvalue weighted by molar-refractivity contribution is 0.00578. The molecule has 0 bridgehead atoms. The van der Waals surface area contributed by atoms with Crippen LogP contribution in [0.5, 0.6) is 5.75 Å². The molecule has 1 aliphatic rings. The van der Waals surface area contributed by atoms with Crippen molar-refractivity contribution in [1.29, 1.82) is 0 Å². The molecule has 104 valence electrons. The minimum absolute atomic E-state index is 0.235. The van der Waals surface area contributed by atoms with Crippen LogP contribution in [0.25, 0.3) is 0 Å². The van der Waals surface area contributed by atoms with E-state index in [9.17, 15) is 5.11 Å². The molecular formula is C15H23BO3. The van der Waals surface area contributed by atoms with Crippen LogP contribution in [0.15, 0.2) is 18.2 Å². The third-order valence-corrected chi connectivity index (χ3v) is 4.14. The normalized spacial score (nSPS) is 20.8. The molecule has 0 radical (unpaired) electrons. The quantitative estimate of drug-likeness (QED) is 0.851. The number of benzene rings is 1. The molecule has 0 unspecified atom stereocenters. The van der Waals surface area contributed by atoms with Crippen LogP contribution in [-0.4, -0.2) is 23.4 Å². The van der Waals surface area contributed by atoms with Crippen molar-refractivity contribution in [2.24, 2.45) is 0 Å².